The molecule has 1 fully saturated rings. The third-order valence-corrected chi connectivity index (χ3v) is 3.74. The highest BCUT2D eigenvalue weighted by molar-refractivity contribution is 9.10. The zero-order chi connectivity index (χ0) is 12.3. The Morgan fingerprint density at radius 2 is 2.35 bits per heavy atom. The van der Waals surface area contributed by atoms with E-state index in [2.05, 4.69) is 20.9 Å². The van der Waals surface area contributed by atoms with Gasteiger partial charge in [0.25, 0.3) is 0 Å². The molecule has 0 N–H and O–H groups in total. The van der Waals surface area contributed by atoms with E-state index >= 15 is 0 Å². The topological polar surface area (TPSA) is 39.2 Å². The summed E-state index contributed by atoms with van der Waals surface area (Å²) in [5.74, 6) is 0.335. The van der Waals surface area contributed by atoms with Crippen LogP contribution in [0.3, 0.4) is 0 Å². The minimum absolute atomic E-state index is 0.182. The number of pyridine rings is 1. The fraction of sp³-hybridized carbons (Fsp3) is 0.500. The molecule has 0 atom stereocenters. The molecular weight excluding hydrogens is 305 g/mol. The number of esters is 1. The van der Waals surface area contributed by atoms with Gasteiger partial charge in [-0.25, -0.2) is 9.78 Å². The Hall–Kier alpha value is -0.610. The molecule has 0 bridgehead atoms. The van der Waals surface area contributed by atoms with Crippen LogP contribution in [0.15, 0.2) is 16.7 Å². The number of carbonyl (C=O) groups is 1. The Labute approximate surface area is 114 Å². The van der Waals surface area contributed by atoms with Crippen molar-refractivity contribution in [3.63, 3.8) is 0 Å². The number of rotatable bonds is 4. The highest BCUT2D eigenvalue weighted by Crippen LogP contribution is 2.29. The molecule has 1 heterocycles. The summed E-state index contributed by atoms with van der Waals surface area (Å²) >= 11 is 9.09. The second-order valence-corrected chi connectivity index (χ2v) is 5.49. The first kappa shape index (κ1) is 12.8. The van der Waals surface area contributed by atoms with E-state index in [0.717, 1.165) is 12.3 Å². The van der Waals surface area contributed by atoms with Gasteiger partial charge in [0.2, 0.25) is 0 Å². The van der Waals surface area contributed by atoms with Crippen molar-refractivity contribution in [2.24, 2.45) is 5.92 Å². The molecule has 3 nitrogen and oxygen atoms in total. The first-order chi connectivity index (χ1) is 8.16. The quantitative estimate of drug-likeness (QED) is 0.625. The maximum Gasteiger partial charge on any atom is 0.341 e. The average Bonchev–Trinajstić information content (AvgIpc) is 2.25. The molecule has 17 heavy (non-hydrogen) atoms. The van der Waals surface area contributed by atoms with Gasteiger partial charge in [0.05, 0.1) is 12.2 Å². The van der Waals surface area contributed by atoms with Crippen LogP contribution in [0.1, 0.15) is 36.0 Å². The first-order valence-corrected chi connectivity index (χ1v) is 6.82. The molecule has 0 unspecified atom stereocenters. The molecule has 1 aromatic rings. The molecule has 92 valence electrons. The Morgan fingerprint density at radius 1 is 1.59 bits per heavy atom. The highest BCUT2D eigenvalue weighted by Gasteiger charge is 2.18. The van der Waals surface area contributed by atoms with Gasteiger partial charge in [0.15, 0.2) is 0 Å². The van der Waals surface area contributed by atoms with E-state index in [1.807, 2.05) is 0 Å². The summed E-state index contributed by atoms with van der Waals surface area (Å²) in [7, 11) is 0. The van der Waals surface area contributed by atoms with Crippen LogP contribution in [0, 0.1) is 5.92 Å². The summed E-state index contributed by atoms with van der Waals surface area (Å²) in [5, 5.41) is 0.182. The van der Waals surface area contributed by atoms with E-state index in [9.17, 15) is 4.79 Å². The molecule has 1 aliphatic rings. The summed E-state index contributed by atoms with van der Waals surface area (Å²) in [6, 6.07) is 1.63. The van der Waals surface area contributed by atoms with Gasteiger partial charge in [-0.1, -0.05) is 30.9 Å². The molecule has 0 spiro atoms. The zero-order valence-electron chi connectivity index (χ0n) is 9.29. The van der Waals surface area contributed by atoms with Crippen molar-refractivity contribution in [1.29, 1.82) is 0 Å². The lowest BCUT2D eigenvalue weighted by molar-refractivity contribution is 0.0464. The molecule has 0 saturated heterocycles. The monoisotopic (exact) mass is 317 g/mol. The van der Waals surface area contributed by atoms with Crippen LogP contribution < -0.4 is 0 Å². The third-order valence-electron chi connectivity index (χ3n) is 3.01. The van der Waals surface area contributed by atoms with Gasteiger partial charge in [-0.3, -0.25) is 0 Å². The summed E-state index contributed by atoms with van der Waals surface area (Å²) < 4.78 is 5.90. The molecule has 1 aliphatic carbocycles. The number of hydrogen-bond donors (Lipinski definition) is 0. The number of hydrogen-bond acceptors (Lipinski definition) is 3. The summed E-state index contributed by atoms with van der Waals surface area (Å²) in [5.41, 5.74) is 0.314. The summed E-state index contributed by atoms with van der Waals surface area (Å²) in [4.78, 5) is 15.6. The summed E-state index contributed by atoms with van der Waals surface area (Å²) in [6.45, 7) is 0.465. The predicted octanol–water partition coefficient (Wildman–Crippen LogP) is 3.84. The van der Waals surface area contributed by atoms with E-state index in [-0.39, 0.29) is 5.15 Å². The number of aromatic nitrogens is 1. The van der Waals surface area contributed by atoms with Crippen molar-refractivity contribution in [2.75, 3.05) is 6.61 Å². The van der Waals surface area contributed by atoms with E-state index in [1.165, 1.54) is 19.3 Å². The number of halogens is 2. The minimum atomic E-state index is -0.400. The number of carbonyl (C=O) groups excluding carboxylic acids is 1. The van der Waals surface area contributed by atoms with Gasteiger partial charge < -0.3 is 4.74 Å². The van der Waals surface area contributed by atoms with E-state index in [1.54, 1.807) is 12.3 Å². The first-order valence-electron chi connectivity index (χ1n) is 5.65. The van der Waals surface area contributed by atoms with Gasteiger partial charge in [-0.2, -0.15) is 0 Å². The molecule has 2 rings (SSSR count). The molecule has 5 heteroatoms. The Bertz CT molecular complexity index is 421. The minimum Gasteiger partial charge on any atom is -0.462 e. The van der Waals surface area contributed by atoms with Crippen molar-refractivity contribution >= 4 is 33.5 Å². The predicted molar refractivity (Wildman–Crippen MR) is 69.2 cm³/mol. The molecule has 0 aliphatic heterocycles. The lowest BCUT2D eigenvalue weighted by Gasteiger charge is -2.24. The Morgan fingerprint density at radius 3 is 3.00 bits per heavy atom. The van der Waals surface area contributed by atoms with Crippen LogP contribution in [0.25, 0.3) is 0 Å². The summed E-state index contributed by atoms with van der Waals surface area (Å²) in [6.07, 6.45) is 6.33. The standard InChI is InChI=1S/C12H13BrClNO2/c13-9-6-10(11(14)15-7-9)12(16)17-5-4-8-2-1-3-8/h6-8H,1-5H2. The van der Waals surface area contributed by atoms with E-state index in [4.69, 9.17) is 16.3 Å². The maximum atomic E-state index is 11.7. The SMILES string of the molecule is O=C(OCCC1CCC1)c1cc(Br)cnc1Cl. The number of nitrogens with zero attached hydrogens (tertiary/aromatic N) is 1. The van der Waals surface area contributed by atoms with Crippen molar-refractivity contribution in [1.82, 2.24) is 4.98 Å². The van der Waals surface area contributed by atoms with Crippen molar-refractivity contribution in [3.05, 3.63) is 27.5 Å². The average molecular weight is 319 g/mol. The molecule has 1 saturated carbocycles. The lowest BCUT2D eigenvalue weighted by Crippen LogP contribution is -2.15. The third kappa shape index (κ3) is 3.42. The van der Waals surface area contributed by atoms with Crippen LogP contribution in [-0.4, -0.2) is 17.6 Å². The highest BCUT2D eigenvalue weighted by atomic mass is 79.9. The largest absolute Gasteiger partial charge is 0.462 e. The van der Waals surface area contributed by atoms with Crippen molar-refractivity contribution < 1.29 is 9.53 Å². The van der Waals surface area contributed by atoms with E-state index in [0.29, 0.717) is 16.6 Å². The van der Waals surface area contributed by atoms with E-state index < -0.39 is 5.97 Å². The fourth-order valence-electron chi connectivity index (χ4n) is 1.74. The fourth-order valence-corrected chi connectivity index (χ4v) is 2.26. The van der Waals surface area contributed by atoms with Crippen LogP contribution >= 0.6 is 27.5 Å². The molecule has 0 aromatic carbocycles. The molecule has 0 amide bonds. The molecule has 1 aromatic heterocycles. The second-order valence-electron chi connectivity index (χ2n) is 4.21. The number of ether oxygens (including phenoxy) is 1. The van der Waals surface area contributed by atoms with Gasteiger partial charge in [-0.05, 0) is 34.3 Å². The molecule has 0 radical (unpaired) electrons. The lowest BCUT2D eigenvalue weighted by atomic mass is 9.83. The molecular formula is C12H13BrClNO2. The van der Waals surface area contributed by atoms with Crippen molar-refractivity contribution in [2.45, 2.75) is 25.7 Å². The van der Waals surface area contributed by atoms with Crippen molar-refractivity contribution in [3.8, 4) is 0 Å². The Kier molecular flexibility index (Phi) is 4.40. The Balaban J connectivity index is 1.87. The van der Waals surface area contributed by atoms with Crippen LogP contribution in [0.5, 0.6) is 0 Å². The van der Waals surface area contributed by atoms with Gasteiger partial charge >= 0.3 is 5.97 Å². The maximum absolute atomic E-state index is 11.7. The van der Waals surface area contributed by atoms with Gasteiger partial charge in [-0.15, -0.1) is 0 Å². The van der Waals surface area contributed by atoms with Crippen LogP contribution in [0.4, 0.5) is 0 Å². The zero-order valence-corrected chi connectivity index (χ0v) is 11.6. The smallest absolute Gasteiger partial charge is 0.341 e. The van der Waals surface area contributed by atoms with Crippen LogP contribution in [0.2, 0.25) is 5.15 Å². The van der Waals surface area contributed by atoms with Crippen LogP contribution in [-0.2, 0) is 4.74 Å². The normalized spacial score (nSPS) is 15.4. The van der Waals surface area contributed by atoms with Gasteiger partial charge in [0.1, 0.15) is 5.15 Å². The second kappa shape index (κ2) is 5.83. The van der Waals surface area contributed by atoms with Gasteiger partial charge in [0, 0.05) is 10.7 Å².